The molecule has 8 nitrogen and oxygen atoms in total. The topological polar surface area (TPSA) is 111 Å². The van der Waals surface area contributed by atoms with Crippen molar-refractivity contribution in [3.63, 3.8) is 0 Å². The minimum Gasteiger partial charge on any atom is -0.469 e. The Morgan fingerprint density at radius 2 is 2.08 bits per heavy atom. The van der Waals surface area contributed by atoms with E-state index >= 15 is 0 Å². The molecule has 1 aromatic heterocycles. The van der Waals surface area contributed by atoms with Gasteiger partial charge in [0.25, 0.3) is 5.69 Å². The number of hydrogen-bond acceptors (Lipinski definition) is 7. The first-order valence-electron chi connectivity index (χ1n) is 6.72. The van der Waals surface area contributed by atoms with Crippen molar-refractivity contribution in [2.45, 2.75) is 6.42 Å². The average molecular weight is 347 g/mol. The van der Waals surface area contributed by atoms with Gasteiger partial charge in [0, 0.05) is 23.6 Å². The number of carbonyl (C=O) groups excluding carboxylic acids is 2. The zero-order valence-electron chi connectivity index (χ0n) is 12.6. The van der Waals surface area contributed by atoms with Crippen molar-refractivity contribution in [1.82, 2.24) is 4.98 Å². The highest BCUT2D eigenvalue weighted by Gasteiger charge is 2.09. The van der Waals surface area contributed by atoms with Crippen molar-refractivity contribution in [1.29, 1.82) is 0 Å². The van der Waals surface area contributed by atoms with E-state index < -0.39 is 16.8 Å². The normalized spacial score (nSPS) is 10.5. The number of non-ortho nitro benzene ring substituents is 1. The molecule has 0 radical (unpaired) electrons. The van der Waals surface area contributed by atoms with E-state index in [1.807, 2.05) is 0 Å². The van der Waals surface area contributed by atoms with Gasteiger partial charge in [-0.2, -0.15) is 0 Å². The second kappa shape index (κ2) is 7.97. The first kappa shape index (κ1) is 17.3. The molecule has 1 aromatic carbocycles. The molecule has 1 amide bonds. The van der Waals surface area contributed by atoms with Crippen molar-refractivity contribution in [3.05, 3.63) is 57.1 Å². The maximum Gasteiger partial charge on any atom is 0.311 e. The quantitative estimate of drug-likeness (QED) is 0.372. The summed E-state index contributed by atoms with van der Waals surface area (Å²) in [4.78, 5) is 37.1. The standard InChI is InChI=1S/C15H13N3O5S/c1-23-14(20)8-11-9-24-15(16-11)17-13(19)7-4-10-2-5-12(6-3-10)18(21)22/h2-7,9H,8H2,1H3,(H,16,17,19)/b7-4+. The summed E-state index contributed by atoms with van der Waals surface area (Å²) >= 11 is 1.20. The number of anilines is 1. The molecule has 24 heavy (non-hydrogen) atoms. The molecule has 9 heteroatoms. The molecule has 0 spiro atoms. The molecule has 0 aliphatic carbocycles. The number of hydrogen-bond donors (Lipinski definition) is 1. The van der Waals surface area contributed by atoms with Crippen LogP contribution in [0.2, 0.25) is 0 Å². The Labute approximate surface area is 140 Å². The molecule has 1 heterocycles. The summed E-state index contributed by atoms with van der Waals surface area (Å²) < 4.78 is 4.54. The summed E-state index contributed by atoms with van der Waals surface area (Å²) in [5.74, 6) is -0.802. The maximum absolute atomic E-state index is 11.8. The largest absolute Gasteiger partial charge is 0.469 e. The fourth-order valence-corrected chi connectivity index (χ4v) is 2.40. The van der Waals surface area contributed by atoms with Crippen LogP contribution in [0.25, 0.3) is 6.08 Å². The molecule has 1 N–H and O–H groups in total. The number of carbonyl (C=O) groups is 2. The molecule has 0 bridgehead atoms. The van der Waals surface area contributed by atoms with Gasteiger partial charge in [0.1, 0.15) is 0 Å². The molecule has 0 aliphatic heterocycles. The van der Waals surface area contributed by atoms with Gasteiger partial charge in [-0.3, -0.25) is 25.0 Å². The minimum atomic E-state index is -0.491. The van der Waals surface area contributed by atoms with Crippen LogP contribution in [-0.4, -0.2) is 28.9 Å². The number of thiazole rings is 1. The SMILES string of the molecule is COC(=O)Cc1csc(NC(=O)/C=C/c2ccc([N+](=O)[O-])cc2)n1. The van der Waals surface area contributed by atoms with E-state index in [0.29, 0.717) is 16.4 Å². The Hall–Kier alpha value is -3.07. The van der Waals surface area contributed by atoms with Gasteiger partial charge in [-0.05, 0) is 23.8 Å². The van der Waals surface area contributed by atoms with Crippen molar-refractivity contribution >= 4 is 40.1 Å². The van der Waals surface area contributed by atoms with Gasteiger partial charge in [0.15, 0.2) is 5.13 Å². The molecule has 0 aliphatic rings. The Balaban J connectivity index is 1.92. The number of rotatable bonds is 6. The van der Waals surface area contributed by atoms with Crippen LogP contribution in [0.3, 0.4) is 0 Å². The number of benzene rings is 1. The van der Waals surface area contributed by atoms with Gasteiger partial charge < -0.3 is 4.74 Å². The van der Waals surface area contributed by atoms with E-state index in [0.717, 1.165) is 0 Å². The average Bonchev–Trinajstić information content (AvgIpc) is 3.00. The monoisotopic (exact) mass is 347 g/mol. The van der Waals surface area contributed by atoms with Gasteiger partial charge >= 0.3 is 5.97 Å². The molecule has 0 saturated carbocycles. The molecule has 0 atom stereocenters. The second-order valence-corrected chi connectivity index (χ2v) is 5.43. The van der Waals surface area contributed by atoms with Crippen LogP contribution in [0, 0.1) is 10.1 Å². The molecule has 2 rings (SSSR count). The van der Waals surface area contributed by atoms with E-state index in [1.165, 1.54) is 42.7 Å². The number of nitrogens with zero attached hydrogens (tertiary/aromatic N) is 2. The molecule has 0 unspecified atom stereocenters. The highest BCUT2D eigenvalue weighted by atomic mass is 32.1. The zero-order chi connectivity index (χ0) is 17.5. The zero-order valence-corrected chi connectivity index (χ0v) is 13.4. The number of aromatic nitrogens is 1. The fraction of sp³-hybridized carbons (Fsp3) is 0.133. The van der Waals surface area contributed by atoms with Crippen LogP contribution >= 0.6 is 11.3 Å². The lowest BCUT2D eigenvalue weighted by Crippen LogP contribution is -2.08. The molecule has 2 aromatic rings. The lowest BCUT2D eigenvalue weighted by molar-refractivity contribution is -0.384. The highest BCUT2D eigenvalue weighted by Crippen LogP contribution is 2.16. The van der Waals surface area contributed by atoms with Gasteiger partial charge in [-0.15, -0.1) is 11.3 Å². The summed E-state index contributed by atoms with van der Waals surface area (Å²) in [7, 11) is 1.29. The van der Waals surface area contributed by atoms with E-state index in [4.69, 9.17) is 0 Å². The predicted octanol–water partition coefficient (Wildman–Crippen LogP) is 2.42. The Kier molecular flexibility index (Phi) is 5.74. The number of nitro benzene ring substituents is 1. The minimum absolute atomic E-state index is 0.0162. The highest BCUT2D eigenvalue weighted by molar-refractivity contribution is 7.14. The fourth-order valence-electron chi connectivity index (χ4n) is 1.69. The van der Waals surface area contributed by atoms with Crippen LogP contribution in [0.15, 0.2) is 35.7 Å². The second-order valence-electron chi connectivity index (χ2n) is 4.57. The lowest BCUT2D eigenvalue weighted by Gasteiger charge is -1.97. The van der Waals surface area contributed by atoms with Crippen molar-refractivity contribution in [2.24, 2.45) is 0 Å². The number of ether oxygens (including phenoxy) is 1. The van der Waals surface area contributed by atoms with E-state index in [1.54, 1.807) is 17.5 Å². The molecular formula is C15H13N3O5S. The summed E-state index contributed by atoms with van der Waals surface area (Å²) in [5.41, 5.74) is 1.15. The van der Waals surface area contributed by atoms with Gasteiger partial charge in [-0.25, -0.2) is 4.98 Å². The number of amides is 1. The lowest BCUT2D eigenvalue weighted by atomic mass is 10.2. The van der Waals surface area contributed by atoms with Crippen molar-refractivity contribution in [2.75, 3.05) is 12.4 Å². The van der Waals surface area contributed by atoms with Crippen molar-refractivity contribution in [3.8, 4) is 0 Å². The van der Waals surface area contributed by atoms with Crippen LogP contribution < -0.4 is 5.32 Å². The third-order valence-electron chi connectivity index (χ3n) is 2.87. The predicted molar refractivity (Wildman–Crippen MR) is 88.6 cm³/mol. The van der Waals surface area contributed by atoms with E-state index in [9.17, 15) is 19.7 Å². The van der Waals surface area contributed by atoms with Gasteiger partial charge in [0.2, 0.25) is 5.91 Å². The third-order valence-corrected chi connectivity index (χ3v) is 3.67. The van der Waals surface area contributed by atoms with Crippen LogP contribution in [0.1, 0.15) is 11.3 Å². The maximum atomic E-state index is 11.8. The molecule has 0 fully saturated rings. The molecule has 0 saturated heterocycles. The van der Waals surface area contributed by atoms with Crippen LogP contribution in [0.5, 0.6) is 0 Å². The summed E-state index contributed by atoms with van der Waals surface area (Å²) in [5, 5.41) is 15.2. The number of nitrogens with one attached hydrogen (secondary N) is 1. The van der Waals surface area contributed by atoms with E-state index in [-0.39, 0.29) is 12.1 Å². The molecular weight excluding hydrogens is 334 g/mol. The van der Waals surface area contributed by atoms with Gasteiger partial charge in [-0.1, -0.05) is 0 Å². The Morgan fingerprint density at radius 3 is 2.71 bits per heavy atom. The van der Waals surface area contributed by atoms with Crippen LogP contribution in [0.4, 0.5) is 10.8 Å². The summed E-state index contributed by atoms with van der Waals surface area (Å²) in [6.07, 6.45) is 2.87. The number of esters is 1. The van der Waals surface area contributed by atoms with Gasteiger partial charge in [0.05, 0.1) is 24.1 Å². The summed E-state index contributed by atoms with van der Waals surface area (Å²) in [6.45, 7) is 0. The first-order chi connectivity index (χ1) is 11.5. The first-order valence-corrected chi connectivity index (χ1v) is 7.60. The molecule has 124 valence electrons. The number of methoxy groups -OCH3 is 1. The third kappa shape index (κ3) is 4.99. The van der Waals surface area contributed by atoms with E-state index in [2.05, 4.69) is 15.0 Å². The number of nitro groups is 1. The Bertz CT molecular complexity index is 783. The smallest absolute Gasteiger partial charge is 0.311 e. The van der Waals surface area contributed by atoms with Crippen LogP contribution in [-0.2, 0) is 20.7 Å². The Morgan fingerprint density at radius 1 is 1.38 bits per heavy atom. The van der Waals surface area contributed by atoms with Crippen molar-refractivity contribution < 1.29 is 19.2 Å². The summed E-state index contributed by atoms with van der Waals surface area (Å²) in [6, 6.07) is 5.80.